The second-order valence-electron chi connectivity index (χ2n) is 9.27. The van der Waals surface area contributed by atoms with Crippen LogP contribution < -0.4 is 31.1 Å². The fraction of sp³-hybridized carbons (Fsp3) is 0.346. The molecule has 3 aromatic rings. The molecule has 11 heteroatoms. The fourth-order valence-corrected chi connectivity index (χ4v) is 4.74. The zero-order valence-electron chi connectivity index (χ0n) is 20.9. The molecule has 4 heterocycles. The molecule has 0 spiro atoms. The number of ether oxygens (including phenoxy) is 1. The van der Waals surface area contributed by atoms with Crippen molar-refractivity contribution in [2.45, 2.75) is 13.0 Å². The number of nitrogens with one attached hydrogen (secondary N) is 4. The van der Waals surface area contributed by atoms with E-state index in [0.717, 1.165) is 36.6 Å². The predicted molar refractivity (Wildman–Crippen MR) is 143 cm³/mol. The van der Waals surface area contributed by atoms with Crippen LogP contribution in [0.4, 0.5) is 28.4 Å². The third-order valence-electron chi connectivity index (χ3n) is 6.76. The van der Waals surface area contributed by atoms with Crippen molar-refractivity contribution in [3.8, 4) is 5.88 Å². The van der Waals surface area contributed by atoms with Crippen molar-refractivity contribution in [3.63, 3.8) is 0 Å². The highest BCUT2D eigenvalue weighted by Gasteiger charge is 2.25. The van der Waals surface area contributed by atoms with Gasteiger partial charge in [-0.05, 0) is 44.3 Å². The van der Waals surface area contributed by atoms with Crippen molar-refractivity contribution < 1.29 is 14.6 Å². The summed E-state index contributed by atoms with van der Waals surface area (Å²) in [6.45, 7) is 5.70. The molecule has 5 rings (SSSR count). The predicted octanol–water partition coefficient (Wildman–Crippen LogP) is 1.99. The molecule has 2 aliphatic rings. The van der Waals surface area contributed by atoms with Crippen LogP contribution in [0.3, 0.4) is 0 Å². The van der Waals surface area contributed by atoms with E-state index >= 15 is 0 Å². The molecule has 37 heavy (non-hydrogen) atoms. The number of aromatic amines is 1. The Morgan fingerprint density at radius 3 is 2.81 bits per heavy atom. The van der Waals surface area contributed by atoms with Gasteiger partial charge in [0.15, 0.2) is 0 Å². The number of aliphatic hydroxyl groups excluding tert-OH is 1. The Morgan fingerprint density at radius 1 is 1.22 bits per heavy atom. The van der Waals surface area contributed by atoms with Gasteiger partial charge in [0, 0.05) is 49.3 Å². The first kappa shape index (κ1) is 24.6. The van der Waals surface area contributed by atoms with Crippen LogP contribution in [0.5, 0.6) is 5.88 Å². The topological polar surface area (TPSA) is 135 Å². The van der Waals surface area contributed by atoms with Gasteiger partial charge in [-0.1, -0.05) is 0 Å². The van der Waals surface area contributed by atoms with Crippen molar-refractivity contribution in [1.82, 2.24) is 14.9 Å². The number of nitrogens with zero attached hydrogens (tertiary/aromatic N) is 3. The summed E-state index contributed by atoms with van der Waals surface area (Å²) in [5.41, 5.74) is 3.67. The lowest BCUT2D eigenvalue weighted by molar-refractivity contribution is 0.102. The van der Waals surface area contributed by atoms with Gasteiger partial charge in [0.2, 0.25) is 5.88 Å². The number of pyridine rings is 2. The standard InChI is InChI=1S/C26H31N7O4/c1-16-21(13-29-26-23(16)27-9-12-37-26)31-20-7-8-28-24(35)22(20)25(36)30-17-3-5-18(6-4-17)33-11-10-32(2)14-19(33)15-34/h3-8,13,19,27,34H,9-12,14-15H2,1-2H3,(H,30,36)(H2,28,31,35). The molecule has 2 aromatic heterocycles. The number of hydrogen-bond acceptors (Lipinski definition) is 9. The van der Waals surface area contributed by atoms with Gasteiger partial charge < -0.3 is 40.6 Å². The Morgan fingerprint density at radius 2 is 2.03 bits per heavy atom. The highest BCUT2D eigenvalue weighted by Crippen LogP contribution is 2.34. The van der Waals surface area contributed by atoms with Crippen molar-refractivity contribution in [1.29, 1.82) is 0 Å². The van der Waals surface area contributed by atoms with Crippen molar-refractivity contribution in [2.24, 2.45) is 0 Å². The third-order valence-corrected chi connectivity index (χ3v) is 6.76. The molecule has 1 amide bonds. The number of amides is 1. The maximum atomic E-state index is 13.2. The van der Waals surface area contributed by atoms with Gasteiger partial charge in [-0.15, -0.1) is 0 Å². The van der Waals surface area contributed by atoms with Crippen LogP contribution in [-0.2, 0) is 0 Å². The summed E-state index contributed by atoms with van der Waals surface area (Å²) >= 11 is 0. The minimum atomic E-state index is -0.532. The van der Waals surface area contributed by atoms with E-state index in [1.807, 2.05) is 26.1 Å². The number of carbonyl (C=O) groups excluding carboxylic acids is 1. The van der Waals surface area contributed by atoms with Crippen molar-refractivity contribution in [2.75, 3.05) is 67.3 Å². The van der Waals surface area contributed by atoms with E-state index in [-0.39, 0.29) is 18.2 Å². The number of hydrogen-bond donors (Lipinski definition) is 5. The van der Waals surface area contributed by atoms with Crippen molar-refractivity contribution >= 4 is 34.3 Å². The van der Waals surface area contributed by atoms with Crippen LogP contribution in [0.15, 0.2) is 47.5 Å². The number of likely N-dealkylation sites (N-methyl/N-ethyl adjacent to an activating group) is 1. The monoisotopic (exact) mass is 505 g/mol. The SMILES string of the molecule is Cc1c(Nc2cc[nH]c(=O)c2C(=O)Nc2ccc(N3CCN(C)CC3CO)cc2)cnc2c1NCCO2. The lowest BCUT2D eigenvalue weighted by Gasteiger charge is -2.40. The summed E-state index contributed by atoms with van der Waals surface area (Å²) in [5, 5.41) is 19.1. The second-order valence-corrected chi connectivity index (χ2v) is 9.27. The number of H-pyrrole nitrogens is 1. The van der Waals surface area contributed by atoms with Crippen LogP contribution in [0, 0.1) is 6.92 Å². The highest BCUT2D eigenvalue weighted by atomic mass is 16.5. The van der Waals surface area contributed by atoms with E-state index < -0.39 is 11.5 Å². The number of aliphatic hydroxyl groups is 1. The van der Waals surface area contributed by atoms with E-state index in [9.17, 15) is 14.7 Å². The van der Waals surface area contributed by atoms with Crippen LogP contribution in [0.2, 0.25) is 0 Å². The summed E-state index contributed by atoms with van der Waals surface area (Å²) in [6.07, 6.45) is 3.12. The summed E-state index contributed by atoms with van der Waals surface area (Å²) in [5.74, 6) is -0.00142. The number of aromatic nitrogens is 2. The Kier molecular flexibility index (Phi) is 6.97. The Balaban J connectivity index is 1.34. The van der Waals surface area contributed by atoms with E-state index in [4.69, 9.17) is 4.74 Å². The zero-order valence-corrected chi connectivity index (χ0v) is 20.9. The molecular formula is C26H31N7O4. The molecule has 5 N–H and O–H groups in total. The minimum absolute atomic E-state index is 0.0130. The average Bonchev–Trinajstić information content (AvgIpc) is 2.91. The van der Waals surface area contributed by atoms with Gasteiger partial charge in [0.05, 0.1) is 30.2 Å². The quantitative estimate of drug-likeness (QED) is 0.341. The van der Waals surface area contributed by atoms with E-state index in [1.165, 1.54) is 6.20 Å². The van der Waals surface area contributed by atoms with Crippen molar-refractivity contribution in [3.05, 3.63) is 64.2 Å². The molecule has 194 valence electrons. The second kappa shape index (κ2) is 10.5. The third kappa shape index (κ3) is 5.09. The van der Waals surface area contributed by atoms with E-state index in [2.05, 4.69) is 35.7 Å². The number of piperazine rings is 1. The Hall–Kier alpha value is -4.09. The van der Waals surface area contributed by atoms with Gasteiger partial charge in [0.25, 0.3) is 11.5 Å². The molecule has 0 aliphatic carbocycles. The number of carbonyl (C=O) groups is 1. The summed E-state index contributed by atoms with van der Waals surface area (Å²) in [7, 11) is 2.04. The Bertz CT molecular complexity index is 1340. The molecule has 11 nitrogen and oxygen atoms in total. The highest BCUT2D eigenvalue weighted by molar-refractivity contribution is 6.08. The maximum Gasteiger partial charge on any atom is 0.263 e. The summed E-state index contributed by atoms with van der Waals surface area (Å²) in [6, 6.07) is 9.08. The van der Waals surface area contributed by atoms with E-state index in [0.29, 0.717) is 36.1 Å². The molecule has 1 fully saturated rings. The maximum absolute atomic E-state index is 13.2. The van der Waals surface area contributed by atoms with Gasteiger partial charge in [-0.2, -0.15) is 0 Å². The van der Waals surface area contributed by atoms with Gasteiger partial charge in [0.1, 0.15) is 17.9 Å². The molecular weight excluding hydrogens is 474 g/mol. The van der Waals surface area contributed by atoms with Crippen LogP contribution in [0.1, 0.15) is 15.9 Å². The molecule has 0 bridgehead atoms. The average molecular weight is 506 g/mol. The van der Waals surface area contributed by atoms with E-state index in [1.54, 1.807) is 24.4 Å². The van der Waals surface area contributed by atoms with Crippen LogP contribution >= 0.6 is 0 Å². The number of benzene rings is 1. The first-order valence-electron chi connectivity index (χ1n) is 12.3. The molecule has 1 saturated heterocycles. The first-order valence-corrected chi connectivity index (χ1v) is 12.3. The molecule has 0 radical (unpaired) electrons. The van der Waals surface area contributed by atoms with Crippen LogP contribution in [-0.4, -0.2) is 78.4 Å². The summed E-state index contributed by atoms with van der Waals surface area (Å²) in [4.78, 5) is 37.2. The number of anilines is 5. The number of fused-ring (bicyclic) bond motifs is 1. The number of rotatable bonds is 6. The van der Waals surface area contributed by atoms with Gasteiger partial charge in [-0.3, -0.25) is 9.59 Å². The summed E-state index contributed by atoms with van der Waals surface area (Å²) < 4.78 is 5.58. The normalized spacial score (nSPS) is 17.4. The molecule has 0 saturated carbocycles. The fourth-order valence-electron chi connectivity index (χ4n) is 4.74. The Labute approximate surface area is 214 Å². The first-order chi connectivity index (χ1) is 17.9. The smallest absolute Gasteiger partial charge is 0.263 e. The largest absolute Gasteiger partial charge is 0.474 e. The molecule has 1 unspecified atom stereocenters. The lowest BCUT2D eigenvalue weighted by atomic mass is 10.1. The minimum Gasteiger partial charge on any atom is -0.474 e. The van der Waals surface area contributed by atoms with Gasteiger partial charge in [-0.25, -0.2) is 4.98 Å². The molecule has 2 aliphatic heterocycles. The molecule has 1 atom stereocenters. The molecule has 1 aromatic carbocycles. The zero-order chi connectivity index (χ0) is 25.9. The van der Waals surface area contributed by atoms with Crippen LogP contribution in [0.25, 0.3) is 0 Å². The van der Waals surface area contributed by atoms with Gasteiger partial charge >= 0.3 is 0 Å². The lowest BCUT2D eigenvalue weighted by Crippen LogP contribution is -2.53.